The maximum atomic E-state index is 6.20. The average Bonchev–Trinajstić information content (AvgIpc) is 2.37. The van der Waals surface area contributed by atoms with E-state index in [1.165, 1.54) is 45.4 Å². The Hall–Kier alpha value is 0.230. The molecule has 1 aliphatic heterocycles. The summed E-state index contributed by atoms with van der Waals surface area (Å²) in [4.78, 5) is 4.92. The smallest absolute Gasteiger partial charge is 0.0598 e. The molecule has 0 radical (unpaired) electrons. The van der Waals surface area contributed by atoms with Crippen LogP contribution in [-0.2, 0) is 4.74 Å². The zero-order valence-corrected chi connectivity index (χ0v) is 15.2. The number of nitrogens with zero attached hydrogens (tertiary/aromatic N) is 2. The lowest BCUT2D eigenvalue weighted by Crippen LogP contribution is -2.47. The molecule has 1 heterocycles. The van der Waals surface area contributed by atoms with Crippen molar-refractivity contribution in [3.8, 4) is 0 Å². The van der Waals surface area contributed by atoms with Crippen molar-refractivity contribution in [3.05, 3.63) is 0 Å². The van der Waals surface area contributed by atoms with Gasteiger partial charge in [0.2, 0.25) is 0 Å². The molecule has 2 fully saturated rings. The van der Waals surface area contributed by atoms with Gasteiger partial charge in [-0.3, -0.25) is 4.90 Å². The second kappa shape index (κ2) is 7.67. The SMILES string of the molecule is C[C@H]1C[C@H](OC[C@H](S)CN2CCN(C)CC2)CC(C)(C)C1. The minimum absolute atomic E-state index is 0.341. The van der Waals surface area contributed by atoms with Gasteiger partial charge in [-0.05, 0) is 37.6 Å². The van der Waals surface area contributed by atoms with Gasteiger partial charge in [0.1, 0.15) is 0 Å². The molecule has 2 aliphatic rings. The number of thiol groups is 1. The van der Waals surface area contributed by atoms with Crippen LogP contribution in [0, 0.1) is 11.3 Å². The summed E-state index contributed by atoms with van der Waals surface area (Å²) in [5.74, 6) is 0.787. The predicted molar refractivity (Wildman–Crippen MR) is 93.2 cm³/mol. The van der Waals surface area contributed by atoms with E-state index in [-0.39, 0.29) is 0 Å². The molecule has 0 aromatic carbocycles. The first-order chi connectivity index (χ1) is 9.84. The van der Waals surface area contributed by atoms with Crippen molar-refractivity contribution in [2.45, 2.75) is 51.4 Å². The lowest BCUT2D eigenvalue weighted by molar-refractivity contribution is -0.0242. The number of ether oxygens (including phenoxy) is 1. The Kier molecular flexibility index (Phi) is 6.42. The van der Waals surface area contributed by atoms with Crippen molar-refractivity contribution >= 4 is 12.6 Å². The highest BCUT2D eigenvalue weighted by atomic mass is 32.1. The van der Waals surface area contributed by atoms with Crippen molar-refractivity contribution in [3.63, 3.8) is 0 Å². The molecular weight excluding hydrogens is 280 g/mol. The summed E-state index contributed by atoms with van der Waals surface area (Å²) < 4.78 is 6.20. The van der Waals surface area contributed by atoms with Gasteiger partial charge in [0, 0.05) is 38.0 Å². The first-order valence-electron chi connectivity index (χ1n) is 8.54. The summed E-state index contributed by atoms with van der Waals surface area (Å²) in [5, 5.41) is 0.341. The number of piperazine rings is 1. The van der Waals surface area contributed by atoms with Gasteiger partial charge in [0.15, 0.2) is 0 Å². The molecule has 0 amide bonds. The highest BCUT2D eigenvalue weighted by molar-refractivity contribution is 7.81. The highest BCUT2D eigenvalue weighted by Gasteiger charge is 2.32. The average molecular weight is 315 g/mol. The van der Waals surface area contributed by atoms with E-state index in [9.17, 15) is 0 Å². The fourth-order valence-electron chi connectivity index (χ4n) is 4.01. The van der Waals surface area contributed by atoms with Crippen LogP contribution in [0.15, 0.2) is 0 Å². The first kappa shape index (κ1) is 17.6. The van der Waals surface area contributed by atoms with E-state index >= 15 is 0 Å². The number of rotatable bonds is 5. The van der Waals surface area contributed by atoms with Crippen LogP contribution in [-0.4, -0.2) is 67.5 Å². The fraction of sp³-hybridized carbons (Fsp3) is 1.00. The first-order valence-corrected chi connectivity index (χ1v) is 9.06. The Balaban J connectivity index is 1.67. The predicted octanol–water partition coefficient (Wildman–Crippen LogP) is 2.76. The Morgan fingerprint density at radius 3 is 2.48 bits per heavy atom. The van der Waals surface area contributed by atoms with Crippen molar-refractivity contribution in [1.82, 2.24) is 9.80 Å². The second-order valence-electron chi connectivity index (χ2n) is 8.13. The molecular formula is C17H34N2OS. The zero-order chi connectivity index (χ0) is 15.5. The van der Waals surface area contributed by atoms with Crippen molar-refractivity contribution < 1.29 is 4.74 Å². The van der Waals surface area contributed by atoms with Crippen LogP contribution in [0.2, 0.25) is 0 Å². The van der Waals surface area contributed by atoms with Crippen LogP contribution in [0.1, 0.15) is 40.0 Å². The third-order valence-corrected chi connectivity index (χ3v) is 5.25. The number of hydrogen-bond acceptors (Lipinski definition) is 4. The number of hydrogen-bond donors (Lipinski definition) is 1. The summed E-state index contributed by atoms with van der Waals surface area (Å²) in [5.41, 5.74) is 0.436. The van der Waals surface area contributed by atoms with Gasteiger partial charge < -0.3 is 9.64 Å². The van der Waals surface area contributed by atoms with E-state index in [4.69, 9.17) is 17.4 Å². The van der Waals surface area contributed by atoms with Crippen LogP contribution >= 0.6 is 12.6 Å². The minimum atomic E-state index is 0.341. The monoisotopic (exact) mass is 314 g/mol. The van der Waals surface area contributed by atoms with E-state index in [2.05, 4.69) is 37.6 Å². The topological polar surface area (TPSA) is 15.7 Å². The molecule has 124 valence electrons. The van der Waals surface area contributed by atoms with Crippen LogP contribution in [0.4, 0.5) is 0 Å². The second-order valence-corrected chi connectivity index (χ2v) is 8.86. The summed E-state index contributed by atoms with van der Waals surface area (Å²) in [6, 6.07) is 0. The van der Waals surface area contributed by atoms with E-state index in [0.29, 0.717) is 16.8 Å². The Morgan fingerprint density at radius 2 is 1.86 bits per heavy atom. The molecule has 1 aliphatic carbocycles. The van der Waals surface area contributed by atoms with Crippen LogP contribution < -0.4 is 0 Å². The summed E-state index contributed by atoms with van der Waals surface area (Å²) in [6.07, 6.45) is 4.19. The maximum absolute atomic E-state index is 6.20. The van der Waals surface area contributed by atoms with Gasteiger partial charge in [-0.15, -0.1) is 0 Å². The molecule has 0 aromatic rings. The molecule has 2 rings (SSSR count). The van der Waals surface area contributed by atoms with E-state index in [0.717, 1.165) is 19.1 Å². The molecule has 21 heavy (non-hydrogen) atoms. The zero-order valence-electron chi connectivity index (χ0n) is 14.3. The van der Waals surface area contributed by atoms with Gasteiger partial charge in [-0.25, -0.2) is 0 Å². The molecule has 4 heteroatoms. The van der Waals surface area contributed by atoms with E-state index < -0.39 is 0 Å². The van der Waals surface area contributed by atoms with Gasteiger partial charge in [-0.1, -0.05) is 20.8 Å². The summed E-state index contributed by atoms with van der Waals surface area (Å²) in [6.45, 7) is 13.7. The molecule has 3 atom stereocenters. The van der Waals surface area contributed by atoms with Crippen LogP contribution in [0.3, 0.4) is 0 Å². The minimum Gasteiger partial charge on any atom is -0.377 e. The van der Waals surface area contributed by atoms with E-state index in [1.54, 1.807) is 0 Å². The quantitative estimate of drug-likeness (QED) is 0.786. The van der Waals surface area contributed by atoms with Gasteiger partial charge >= 0.3 is 0 Å². The molecule has 1 saturated carbocycles. The Morgan fingerprint density at radius 1 is 1.19 bits per heavy atom. The van der Waals surface area contributed by atoms with E-state index in [1.807, 2.05) is 0 Å². The van der Waals surface area contributed by atoms with Crippen LogP contribution in [0.25, 0.3) is 0 Å². The number of likely N-dealkylation sites (N-methyl/N-ethyl adjacent to an activating group) is 1. The molecule has 0 unspecified atom stereocenters. The lowest BCUT2D eigenvalue weighted by atomic mass is 9.71. The molecule has 0 N–H and O–H groups in total. The van der Waals surface area contributed by atoms with Gasteiger partial charge in [0.05, 0.1) is 12.7 Å². The molecule has 3 nitrogen and oxygen atoms in total. The maximum Gasteiger partial charge on any atom is 0.0598 e. The normalized spacial score (nSPS) is 33.0. The summed E-state index contributed by atoms with van der Waals surface area (Å²) >= 11 is 4.75. The lowest BCUT2D eigenvalue weighted by Gasteiger charge is -2.39. The highest BCUT2D eigenvalue weighted by Crippen LogP contribution is 2.39. The van der Waals surface area contributed by atoms with Crippen molar-refractivity contribution in [1.29, 1.82) is 0 Å². The third kappa shape index (κ3) is 6.09. The Labute approximate surface area is 136 Å². The van der Waals surface area contributed by atoms with Crippen molar-refractivity contribution in [2.24, 2.45) is 11.3 Å². The standard InChI is InChI=1S/C17H34N2OS/c1-14-9-15(11-17(2,3)10-14)20-13-16(21)12-19-7-5-18(4)6-8-19/h14-16,21H,5-13H2,1-4H3/t14-,15-,16+/m0/s1. The van der Waals surface area contributed by atoms with Gasteiger partial charge in [-0.2, -0.15) is 12.6 Å². The summed E-state index contributed by atoms with van der Waals surface area (Å²) in [7, 11) is 2.20. The van der Waals surface area contributed by atoms with Crippen molar-refractivity contribution in [2.75, 3.05) is 46.4 Å². The molecule has 0 spiro atoms. The molecule has 0 bridgehead atoms. The molecule has 1 saturated heterocycles. The third-order valence-electron chi connectivity index (χ3n) is 4.94. The van der Waals surface area contributed by atoms with Crippen LogP contribution in [0.5, 0.6) is 0 Å². The van der Waals surface area contributed by atoms with Gasteiger partial charge in [0.25, 0.3) is 0 Å². The Bertz CT molecular complexity index is 316. The fourth-order valence-corrected chi connectivity index (χ4v) is 4.33. The molecule has 0 aromatic heterocycles. The largest absolute Gasteiger partial charge is 0.377 e.